The molecular formula is C26H26N4O3. The van der Waals surface area contributed by atoms with Crippen LogP contribution in [0.4, 0.5) is 0 Å². The van der Waals surface area contributed by atoms with Gasteiger partial charge in [0.05, 0.1) is 12.0 Å². The summed E-state index contributed by atoms with van der Waals surface area (Å²) in [5.74, 6) is 1.60. The summed E-state index contributed by atoms with van der Waals surface area (Å²) in [5.41, 5.74) is 4.72. The molecule has 1 amide bonds. The van der Waals surface area contributed by atoms with Crippen molar-refractivity contribution in [2.75, 3.05) is 13.1 Å². The number of carbonyl (C=O) groups is 1. The number of aryl methyl sites for hydroxylation is 1. The number of furan rings is 1. The molecule has 1 saturated carbocycles. The van der Waals surface area contributed by atoms with Crippen molar-refractivity contribution < 1.29 is 9.21 Å². The topological polar surface area (TPSA) is 84.1 Å². The summed E-state index contributed by atoms with van der Waals surface area (Å²) in [7, 11) is 0. The standard InChI is InChI=1S/C26H26N4O3/c1-16-15-33-23-9-6-20(13-22(16)23)18-4-7-21(8-5-18)30-24(27-28-26(30)32)12-17-10-11-29(14-17)25(31)19-2-3-19/h4-9,13,15,17,19H,2-3,10-12,14H2,1H3,(H,28,32). The summed E-state index contributed by atoms with van der Waals surface area (Å²) in [4.78, 5) is 26.9. The fourth-order valence-corrected chi connectivity index (χ4v) is 4.92. The zero-order chi connectivity index (χ0) is 22.5. The first-order valence-corrected chi connectivity index (χ1v) is 11.6. The number of hydrogen-bond acceptors (Lipinski definition) is 4. The highest BCUT2D eigenvalue weighted by Gasteiger charge is 2.36. The van der Waals surface area contributed by atoms with Crippen molar-refractivity contribution in [3.63, 3.8) is 0 Å². The maximum Gasteiger partial charge on any atom is 0.347 e. The van der Waals surface area contributed by atoms with Gasteiger partial charge in [-0.05, 0) is 73.1 Å². The van der Waals surface area contributed by atoms with E-state index in [1.807, 2.05) is 48.2 Å². The van der Waals surface area contributed by atoms with Crippen molar-refractivity contribution in [1.29, 1.82) is 0 Å². The molecule has 2 aromatic heterocycles. The lowest BCUT2D eigenvalue weighted by molar-refractivity contribution is -0.131. The van der Waals surface area contributed by atoms with Crippen LogP contribution in [0.1, 0.15) is 30.7 Å². The molecule has 1 unspecified atom stereocenters. The third kappa shape index (κ3) is 3.67. The Morgan fingerprint density at radius 2 is 1.91 bits per heavy atom. The van der Waals surface area contributed by atoms with Gasteiger partial charge in [-0.2, -0.15) is 5.10 Å². The molecule has 4 aromatic rings. The van der Waals surface area contributed by atoms with Gasteiger partial charge in [-0.15, -0.1) is 0 Å². The monoisotopic (exact) mass is 442 g/mol. The molecule has 1 aliphatic heterocycles. The Hall–Kier alpha value is -3.61. The van der Waals surface area contributed by atoms with E-state index in [2.05, 4.69) is 16.3 Å². The highest BCUT2D eigenvalue weighted by atomic mass is 16.3. The van der Waals surface area contributed by atoms with Gasteiger partial charge in [-0.1, -0.05) is 18.2 Å². The molecule has 33 heavy (non-hydrogen) atoms. The van der Waals surface area contributed by atoms with E-state index in [4.69, 9.17) is 4.42 Å². The van der Waals surface area contributed by atoms with E-state index < -0.39 is 0 Å². The van der Waals surface area contributed by atoms with Crippen LogP contribution in [0.2, 0.25) is 0 Å². The minimum atomic E-state index is -0.239. The Morgan fingerprint density at radius 3 is 2.70 bits per heavy atom. The van der Waals surface area contributed by atoms with Crippen molar-refractivity contribution >= 4 is 16.9 Å². The van der Waals surface area contributed by atoms with E-state index in [0.717, 1.165) is 65.7 Å². The molecule has 2 fully saturated rings. The van der Waals surface area contributed by atoms with E-state index in [9.17, 15) is 9.59 Å². The number of aromatic nitrogens is 3. The van der Waals surface area contributed by atoms with Crippen LogP contribution in [0.15, 0.2) is 57.9 Å². The zero-order valence-corrected chi connectivity index (χ0v) is 18.6. The molecular weight excluding hydrogens is 416 g/mol. The van der Waals surface area contributed by atoms with E-state index in [1.165, 1.54) is 0 Å². The van der Waals surface area contributed by atoms with Gasteiger partial charge in [-0.3, -0.25) is 4.79 Å². The van der Waals surface area contributed by atoms with Gasteiger partial charge in [0.25, 0.3) is 0 Å². The lowest BCUT2D eigenvalue weighted by atomic mass is 10.0. The molecule has 1 aliphatic carbocycles. The van der Waals surface area contributed by atoms with Crippen LogP contribution < -0.4 is 5.69 Å². The second-order valence-electron chi connectivity index (χ2n) is 9.37. The van der Waals surface area contributed by atoms with E-state index >= 15 is 0 Å². The van der Waals surface area contributed by atoms with E-state index in [1.54, 1.807) is 10.8 Å². The highest BCUT2D eigenvalue weighted by Crippen LogP contribution is 2.33. The molecule has 0 bridgehead atoms. The van der Waals surface area contributed by atoms with Gasteiger partial charge < -0.3 is 9.32 Å². The van der Waals surface area contributed by atoms with Crippen molar-refractivity contribution in [3.8, 4) is 16.8 Å². The molecule has 3 heterocycles. The molecule has 1 saturated heterocycles. The first kappa shape index (κ1) is 20.0. The number of amides is 1. The number of nitrogens with one attached hydrogen (secondary N) is 1. The quantitative estimate of drug-likeness (QED) is 0.505. The Balaban J connectivity index is 1.22. The van der Waals surface area contributed by atoms with Crippen LogP contribution in [-0.4, -0.2) is 38.7 Å². The normalized spacial score (nSPS) is 18.3. The predicted molar refractivity (Wildman–Crippen MR) is 125 cm³/mol. The molecule has 1 atom stereocenters. The molecule has 0 spiro atoms. The predicted octanol–water partition coefficient (Wildman–Crippen LogP) is 4.08. The number of carbonyl (C=O) groups excluding carboxylic acids is 1. The number of aromatic amines is 1. The number of rotatable bonds is 5. The molecule has 7 heteroatoms. The van der Waals surface area contributed by atoms with Gasteiger partial charge in [0.2, 0.25) is 5.91 Å². The van der Waals surface area contributed by atoms with Gasteiger partial charge >= 0.3 is 5.69 Å². The molecule has 7 nitrogen and oxygen atoms in total. The van der Waals surface area contributed by atoms with Crippen LogP contribution in [0, 0.1) is 18.8 Å². The summed E-state index contributed by atoms with van der Waals surface area (Å²) < 4.78 is 7.20. The van der Waals surface area contributed by atoms with Crippen molar-refractivity contribution in [2.45, 2.75) is 32.6 Å². The van der Waals surface area contributed by atoms with Gasteiger partial charge in [0.15, 0.2) is 0 Å². The lowest BCUT2D eigenvalue weighted by Gasteiger charge is -2.16. The second kappa shape index (κ2) is 7.76. The highest BCUT2D eigenvalue weighted by molar-refractivity contribution is 5.86. The number of nitrogens with zero attached hydrogens (tertiary/aromatic N) is 3. The summed E-state index contributed by atoms with van der Waals surface area (Å²) in [6, 6.07) is 14.1. The number of likely N-dealkylation sites (tertiary alicyclic amines) is 1. The second-order valence-corrected chi connectivity index (χ2v) is 9.37. The Labute approximate surface area is 191 Å². The third-order valence-corrected chi connectivity index (χ3v) is 6.96. The van der Waals surface area contributed by atoms with Crippen molar-refractivity contribution in [3.05, 3.63) is 70.6 Å². The molecule has 6 rings (SSSR count). The summed E-state index contributed by atoms with van der Waals surface area (Å²) in [5, 5.41) is 8.02. The lowest BCUT2D eigenvalue weighted by Crippen LogP contribution is -2.30. The molecule has 168 valence electrons. The fourth-order valence-electron chi connectivity index (χ4n) is 4.92. The van der Waals surface area contributed by atoms with Gasteiger partial charge in [0, 0.05) is 30.8 Å². The molecule has 2 aliphatic rings. The largest absolute Gasteiger partial charge is 0.464 e. The first-order valence-electron chi connectivity index (χ1n) is 11.6. The van der Waals surface area contributed by atoms with Crippen LogP contribution in [0.5, 0.6) is 0 Å². The number of hydrogen-bond donors (Lipinski definition) is 1. The summed E-state index contributed by atoms with van der Waals surface area (Å²) in [6.07, 6.45) is 5.46. The van der Waals surface area contributed by atoms with E-state index in [0.29, 0.717) is 24.1 Å². The smallest absolute Gasteiger partial charge is 0.347 e. The minimum Gasteiger partial charge on any atom is -0.464 e. The van der Waals surface area contributed by atoms with E-state index in [-0.39, 0.29) is 11.6 Å². The van der Waals surface area contributed by atoms with Crippen LogP contribution in [0.3, 0.4) is 0 Å². The maximum absolute atomic E-state index is 12.6. The molecule has 1 N–H and O–H groups in total. The number of benzene rings is 2. The Bertz CT molecular complexity index is 1390. The fraction of sp³-hybridized carbons (Fsp3) is 0.346. The summed E-state index contributed by atoms with van der Waals surface area (Å²) in [6.45, 7) is 3.60. The van der Waals surface area contributed by atoms with Crippen LogP contribution in [-0.2, 0) is 11.2 Å². The number of H-pyrrole nitrogens is 1. The molecule has 2 aromatic carbocycles. The Kier molecular flexibility index (Phi) is 4.71. The SMILES string of the molecule is Cc1coc2ccc(-c3ccc(-n4c(CC5CCN(C(=O)C6CC6)C5)n[nH]c4=O)cc3)cc12. The van der Waals surface area contributed by atoms with Crippen LogP contribution >= 0.6 is 0 Å². The van der Waals surface area contributed by atoms with Crippen LogP contribution in [0.25, 0.3) is 27.8 Å². The molecule has 0 radical (unpaired) electrons. The average molecular weight is 443 g/mol. The van der Waals surface area contributed by atoms with Gasteiger partial charge in [0.1, 0.15) is 11.4 Å². The Morgan fingerprint density at radius 1 is 1.12 bits per heavy atom. The van der Waals surface area contributed by atoms with Gasteiger partial charge in [-0.25, -0.2) is 14.5 Å². The third-order valence-electron chi connectivity index (χ3n) is 6.96. The van der Waals surface area contributed by atoms with Crippen molar-refractivity contribution in [2.24, 2.45) is 11.8 Å². The number of fused-ring (bicyclic) bond motifs is 1. The summed E-state index contributed by atoms with van der Waals surface area (Å²) >= 11 is 0. The zero-order valence-electron chi connectivity index (χ0n) is 18.6. The maximum atomic E-state index is 12.6. The average Bonchev–Trinajstić information content (AvgIpc) is 3.32. The van der Waals surface area contributed by atoms with Crippen molar-refractivity contribution in [1.82, 2.24) is 19.7 Å². The first-order chi connectivity index (χ1) is 16.1. The minimum absolute atomic E-state index is 0.239.